The standard InChI is InChI=1S/C16H16N4O2S2/c17-24(21,22)14-6-4-12(5-7-14)15-11-23-16(20-15)19-10-8-13-3-1-2-9-18-13/h1-7,9,11H,8,10H2,(H,19,20)(H2,17,21,22). The number of hydrogen-bond acceptors (Lipinski definition) is 6. The summed E-state index contributed by atoms with van der Waals surface area (Å²) in [7, 11) is -3.67. The number of thiazole rings is 1. The molecule has 6 nitrogen and oxygen atoms in total. The maximum atomic E-state index is 11.3. The Kier molecular flexibility index (Phi) is 4.89. The van der Waals surface area contributed by atoms with Crippen molar-refractivity contribution in [1.82, 2.24) is 9.97 Å². The van der Waals surface area contributed by atoms with E-state index in [-0.39, 0.29) is 4.90 Å². The molecule has 0 saturated heterocycles. The summed E-state index contributed by atoms with van der Waals surface area (Å²) in [4.78, 5) is 8.88. The minimum atomic E-state index is -3.67. The molecule has 2 aromatic heterocycles. The Morgan fingerprint density at radius 1 is 1.12 bits per heavy atom. The molecule has 124 valence electrons. The molecule has 0 radical (unpaired) electrons. The van der Waals surface area contributed by atoms with Gasteiger partial charge in [0.25, 0.3) is 0 Å². The molecular formula is C16H16N4O2S2. The van der Waals surface area contributed by atoms with Gasteiger partial charge in [-0.1, -0.05) is 18.2 Å². The molecule has 0 bridgehead atoms. The van der Waals surface area contributed by atoms with Crippen molar-refractivity contribution >= 4 is 26.5 Å². The molecule has 3 N–H and O–H groups in total. The quantitative estimate of drug-likeness (QED) is 0.704. The molecule has 0 fully saturated rings. The lowest BCUT2D eigenvalue weighted by Crippen LogP contribution is -2.11. The Morgan fingerprint density at radius 3 is 2.58 bits per heavy atom. The van der Waals surface area contributed by atoms with Crippen molar-refractivity contribution in [2.75, 3.05) is 11.9 Å². The molecule has 0 spiro atoms. The van der Waals surface area contributed by atoms with Crippen molar-refractivity contribution in [2.24, 2.45) is 5.14 Å². The highest BCUT2D eigenvalue weighted by Gasteiger charge is 2.09. The van der Waals surface area contributed by atoms with Gasteiger partial charge in [-0.2, -0.15) is 0 Å². The first-order valence-corrected chi connectivity index (χ1v) is 9.67. The van der Waals surface area contributed by atoms with E-state index in [9.17, 15) is 8.42 Å². The molecule has 8 heteroatoms. The number of aromatic nitrogens is 2. The van der Waals surface area contributed by atoms with E-state index in [0.29, 0.717) is 0 Å². The van der Waals surface area contributed by atoms with Crippen LogP contribution in [-0.2, 0) is 16.4 Å². The number of nitrogens with two attached hydrogens (primary N) is 1. The molecule has 3 aromatic rings. The lowest BCUT2D eigenvalue weighted by Gasteiger charge is -2.02. The van der Waals surface area contributed by atoms with Crippen molar-refractivity contribution in [2.45, 2.75) is 11.3 Å². The normalized spacial score (nSPS) is 11.4. The van der Waals surface area contributed by atoms with Crippen LogP contribution in [0, 0.1) is 0 Å². The van der Waals surface area contributed by atoms with Gasteiger partial charge in [-0.3, -0.25) is 4.98 Å². The van der Waals surface area contributed by atoms with Crippen LogP contribution in [0.2, 0.25) is 0 Å². The molecule has 2 heterocycles. The average Bonchev–Trinajstić information content (AvgIpc) is 3.04. The fraction of sp³-hybridized carbons (Fsp3) is 0.125. The van der Waals surface area contributed by atoms with Gasteiger partial charge >= 0.3 is 0 Å². The second-order valence-corrected chi connectivity index (χ2v) is 7.52. The summed E-state index contributed by atoms with van der Waals surface area (Å²) in [5.74, 6) is 0. The molecular weight excluding hydrogens is 344 g/mol. The van der Waals surface area contributed by atoms with Crippen molar-refractivity contribution in [3.63, 3.8) is 0 Å². The Bertz CT molecular complexity index is 907. The molecule has 0 saturated carbocycles. The molecule has 0 aliphatic heterocycles. The zero-order valence-electron chi connectivity index (χ0n) is 12.7. The maximum absolute atomic E-state index is 11.3. The van der Waals surface area contributed by atoms with E-state index in [1.807, 2.05) is 23.6 Å². The summed E-state index contributed by atoms with van der Waals surface area (Å²) in [6.45, 7) is 0.744. The van der Waals surface area contributed by atoms with Gasteiger partial charge in [-0.05, 0) is 24.3 Å². The minimum Gasteiger partial charge on any atom is -0.361 e. The van der Waals surface area contributed by atoms with E-state index < -0.39 is 10.0 Å². The first kappa shape index (κ1) is 16.6. The van der Waals surface area contributed by atoms with Gasteiger partial charge in [0.15, 0.2) is 5.13 Å². The van der Waals surface area contributed by atoms with Crippen LogP contribution in [0.4, 0.5) is 5.13 Å². The Hall–Kier alpha value is -2.29. The van der Waals surface area contributed by atoms with Crippen LogP contribution < -0.4 is 10.5 Å². The van der Waals surface area contributed by atoms with Crippen molar-refractivity contribution in [3.8, 4) is 11.3 Å². The lowest BCUT2D eigenvalue weighted by atomic mass is 10.2. The first-order chi connectivity index (χ1) is 11.5. The number of benzene rings is 1. The molecule has 0 amide bonds. The van der Waals surface area contributed by atoms with Gasteiger partial charge in [0.05, 0.1) is 10.6 Å². The van der Waals surface area contributed by atoms with E-state index in [2.05, 4.69) is 15.3 Å². The Morgan fingerprint density at radius 2 is 1.92 bits per heavy atom. The zero-order valence-corrected chi connectivity index (χ0v) is 14.3. The number of nitrogens with one attached hydrogen (secondary N) is 1. The predicted octanol–water partition coefficient (Wildman–Crippen LogP) is 2.51. The summed E-state index contributed by atoms with van der Waals surface area (Å²) in [6.07, 6.45) is 2.60. The summed E-state index contributed by atoms with van der Waals surface area (Å²) in [5.41, 5.74) is 2.66. The SMILES string of the molecule is NS(=O)(=O)c1ccc(-c2csc(NCCc3ccccn3)n2)cc1. The van der Waals surface area contributed by atoms with E-state index in [0.717, 1.165) is 35.0 Å². The van der Waals surface area contributed by atoms with E-state index in [1.165, 1.54) is 23.5 Å². The van der Waals surface area contributed by atoms with Crippen LogP contribution in [0.15, 0.2) is 58.9 Å². The van der Waals surface area contributed by atoms with Crippen molar-refractivity contribution in [1.29, 1.82) is 0 Å². The highest BCUT2D eigenvalue weighted by atomic mass is 32.2. The predicted molar refractivity (Wildman–Crippen MR) is 95.4 cm³/mol. The van der Waals surface area contributed by atoms with E-state index >= 15 is 0 Å². The first-order valence-electron chi connectivity index (χ1n) is 7.25. The largest absolute Gasteiger partial charge is 0.361 e. The van der Waals surface area contributed by atoms with Gasteiger partial charge in [0.2, 0.25) is 10.0 Å². The van der Waals surface area contributed by atoms with Crippen LogP contribution in [0.3, 0.4) is 0 Å². The summed E-state index contributed by atoms with van der Waals surface area (Å²) >= 11 is 1.50. The minimum absolute atomic E-state index is 0.0928. The maximum Gasteiger partial charge on any atom is 0.238 e. The number of rotatable bonds is 6. The number of sulfonamides is 1. The van der Waals surface area contributed by atoms with Crippen molar-refractivity contribution in [3.05, 3.63) is 59.7 Å². The molecule has 0 aliphatic rings. The lowest BCUT2D eigenvalue weighted by molar-refractivity contribution is 0.598. The highest BCUT2D eigenvalue weighted by Crippen LogP contribution is 2.25. The number of primary sulfonamides is 1. The second kappa shape index (κ2) is 7.08. The van der Waals surface area contributed by atoms with Gasteiger partial charge < -0.3 is 5.32 Å². The van der Waals surface area contributed by atoms with Crippen LogP contribution in [0.1, 0.15) is 5.69 Å². The van der Waals surface area contributed by atoms with Gasteiger partial charge in [0, 0.05) is 35.8 Å². The third kappa shape index (κ3) is 4.16. The fourth-order valence-electron chi connectivity index (χ4n) is 2.15. The monoisotopic (exact) mass is 360 g/mol. The number of hydrogen-bond donors (Lipinski definition) is 2. The zero-order chi connectivity index (χ0) is 17.0. The molecule has 0 atom stereocenters. The third-order valence-corrected chi connectivity index (χ3v) is 5.10. The molecule has 24 heavy (non-hydrogen) atoms. The van der Waals surface area contributed by atoms with E-state index in [1.54, 1.807) is 18.3 Å². The van der Waals surface area contributed by atoms with Crippen molar-refractivity contribution < 1.29 is 8.42 Å². The summed E-state index contributed by atoms with van der Waals surface area (Å²) < 4.78 is 22.5. The smallest absolute Gasteiger partial charge is 0.238 e. The second-order valence-electron chi connectivity index (χ2n) is 5.11. The third-order valence-electron chi connectivity index (χ3n) is 3.37. The van der Waals surface area contributed by atoms with Gasteiger partial charge in [-0.15, -0.1) is 11.3 Å². The Balaban J connectivity index is 1.63. The van der Waals surface area contributed by atoms with Crippen LogP contribution >= 0.6 is 11.3 Å². The average molecular weight is 360 g/mol. The number of nitrogens with zero attached hydrogens (tertiary/aromatic N) is 2. The molecule has 3 rings (SSSR count). The number of anilines is 1. The number of pyridine rings is 1. The van der Waals surface area contributed by atoms with Crippen LogP contribution in [-0.4, -0.2) is 24.9 Å². The summed E-state index contributed by atoms with van der Waals surface area (Å²) in [6, 6.07) is 12.2. The Labute approximate surface area is 144 Å². The highest BCUT2D eigenvalue weighted by molar-refractivity contribution is 7.89. The van der Waals surface area contributed by atoms with Gasteiger partial charge in [0.1, 0.15) is 0 Å². The fourth-order valence-corrected chi connectivity index (χ4v) is 3.41. The molecule has 0 aliphatic carbocycles. The van der Waals surface area contributed by atoms with Crippen LogP contribution in [0.25, 0.3) is 11.3 Å². The van der Waals surface area contributed by atoms with Crippen LogP contribution in [0.5, 0.6) is 0 Å². The molecule has 0 unspecified atom stereocenters. The van der Waals surface area contributed by atoms with Gasteiger partial charge in [-0.25, -0.2) is 18.5 Å². The summed E-state index contributed by atoms with van der Waals surface area (Å²) in [5, 5.41) is 11.1. The van der Waals surface area contributed by atoms with E-state index in [4.69, 9.17) is 5.14 Å². The topological polar surface area (TPSA) is 98.0 Å². The molecule has 1 aromatic carbocycles.